The molecule has 0 radical (unpaired) electrons. The van der Waals surface area contributed by atoms with E-state index in [4.69, 9.17) is 5.73 Å². The zero-order chi connectivity index (χ0) is 18.3. The van der Waals surface area contributed by atoms with Crippen LogP contribution in [0.3, 0.4) is 0 Å². The van der Waals surface area contributed by atoms with E-state index in [0.717, 1.165) is 0 Å². The van der Waals surface area contributed by atoms with Gasteiger partial charge < -0.3 is 21.7 Å². The molecule has 2 amide bonds. The molecule has 1 aromatic carbocycles. The van der Waals surface area contributed by atoms with Crippen LogP contribution in [0.4, 0.5) is 24.5 Å². The maximum Gasteiger partial charge on any atom is 0.405 e. The summed E-state index contributed by atoms with van der Waals surface area (Å²) < 4.78 is 36.8. The quantitative estimate of drug-likeness (QED) is 0.546. The van der Waals surface area contributed by atoms with Crippen LogP contribution in [0, 0.1) is 5.92 Å². The number of para-hydroxylation sites is 2. The van der Waals surface area contributed by atoms with Crippen LogP contribution < -0.4 is 21.7 Å². The van der Waals surface area contributed by atoms with Gasteiger partial charge in [-0.1, -0.05) is 26.0 Å². The highest BCUT2D eigenvalue weighted by molar-refractivity contribution is 5.97. The van der Waals surface area contributed by atoms with Crippen molar-refractivity contribution in [1.29, 1.82) is 0 Å². The topological polar surface area (TPSA) is 96.2 Å². The lowest BCUT2D eigenvalue weighted by atomic mass is 10.1. The third-order valence-electron chi connectivity index (χ3n) is 3.12. The minimum Gasteiger partial charge on any atom is -0.375 e. The molecule has 1 rings (SSSR count). The highest BCUT2D eigenvalue weighted by Crippen LogP contribution is 2.23. The van der Waals surface area contributed by atoms with Crippen LogP contribution in [0.2, 0.25) is 0 Å². The van der Waals surface area contributed by atoms with E-state index >= 15 is 0 Å². The summed E-state index contributed by atoms with van der Waals surface area (Å²) in [6.07, 6.45) is -4.38. The van der Waals surface area contributed by atoms with Gasteiger partial charge in [0.1, 0.15) is 6.54 Å². The fourth-order valence-corrected chi connectivity index (χ4v) is 1.72. The molecule has 0 fully saturated rings. The van der Waals surface area contributed by atoms with Crippen molar-refractivity contribution in [3.8, 4) is 0 Å². The van der Waals surface area contributed by atoms with E-state index in [9.17, 15) is 22.8 Å². The van der Waals surface area contributed by atoms with E-state index in [-0.39, 0.29) is 48.7 Å². The number of alkyl halides is 3. The molecule has 0 spiro atoms. The van der Waals surface area contributed by atoms with Crippen LogP contribution in [0.25, 0.3) is 0 Å². The monoisotopic (exact) mass is 418 g/mol. The second-order valence-corrected chi connectivity index (χ2v) is 5.55. The number of benzene rings is 1. The number of rotatable bonds is 7. The average molecular weight is 419 g/mol. The highest BCUT2D eigenvalue weighted by Gasteiger charge is 2.27. The van der Waals surface area contributed by atoms with Crippen molar-refractivity contribution in [2.75, 3.05) is 23.7 Å². The van der Waals surface area contributed by atoms with Crippen molar-refractivity contribution in [3.05, 3.63) is 24.3 Å². The Balaban J connectivity index is 0. The third-order valence-corrected chi connectivity index (χ3v) is 3.12. The number of nitrogens with one attached hydrogen (secondary N) is 3. The van der Waals surface area contributed by atoms with E-state index in [1.807, 2.05) is 0 Å². The first-order valence-corrected chi connectivity index (χ1v) is 7.33. The first-order valence-electron chi connectivity index (χ1n) is 7.33. The second-order valence-electron chi connectivity index (χ2n) is 5.55. The summed E-state index contributed by atoms with van der Waals surface area (Å²) in [6.45, 7) is 1.99. The molecule has 6 nitrogen and oxygen atoms in total. The van der Waals surface area contributed by atoms with Gasteiger partial charge in [-0.05, 0) is 18.1 Å². The molecule has 1 aromatic rings. The van der Waals surface area contributed by atoms with Gasteiger partial charge in [-0.2, -0.15) is 13.2 Å². The van der Waals surface area contributed by atoms with Crippen LogP contribution in [0.15, 0.2) is 24.3 Å². The first kappa shape index (κ1) is 26.5. The van der Waals surface area contributed by atoms with E-state index in [1.165, 1.54) is 18.2 Å². The van der Waals surface area contributed by atoms with Gasteiger partial charge in [-0.3, -0.25) is 9.59 Å². The van der Waals surface area contributed by atoms with Gasteiger partial charge in [0, 0.05) is 0 Å². The number of carbonyl (C=O) groups excluding carboxylic acids is 2. The summed E-state index contributed by atoms with van der Waals surface area (Å²) in [6, 6.07) is 5.24. The van der Waals surface area contributed by atoms with Crippen molar-refractivity contribution in [3.63, 3.8) is 0 Å². The molecule has 0 unspecified atom stereocenters. The van der Waals surface area contributed by atoms with Crippen molar-refractivity contribution < 1.29 is 22.8 Å². The fourth-order valence-electron chi connectivity index (χ4n) is 1.72. The van der Waals surface area contributed by atoms with E-state index in [2.05, 4.69) is 16.0 Å². The Hall–Kier alpha value is -1.71. The molecule has 0 aliphatic rings. The summed E-state index contributed by atoms with van der Waals surface area (Å²) in [4.78, 5) is 23.5. The lowest BCUT2D eigenvalue weighted by Gasteiger charge is -2.16. The van der Waals surface area contributed by atoms with E-state index in [0.29, 0.717) is 0 Å². The molecule has 0 bridgehead atoms. The largest absolute Gasteiger partial charge is 0.405 e. The van der Waals surface area contributed by atoms with E-state index < -0.39 is 30.6 Å². The third kappa shape index (κ3) is 9.69. The Morgan fingerprint density at radius 2 is 1.65 bits per heavy atom. The Bertz CT molecular complexity index is 586. The minimum absolute atomic E-state index is 0. The molecule has 0 heterocycles. The maximum atomic E-state index is 12.3. The van der Waals surface area contributed by atoms with Crippen LogP contribution in [0.1, 0.15) is 13.8 Å². The zero-order valence-electron chi connectivity index (χ0n) is 14.2. The second kappa shape index (κ2) is 11.8. The Labute approximate surface area is 162 Å². The Morgan fingerprint density at radius 3 is 2.15 bits per heavy atom. The molecular weight excluding hydrogens is 396 g/mol. The molecule has 150 valence electrons. The minimum atomic E-state index is -4.38. The number of hydrogen-bond acceptors (Lipinski definition) is 4. The molecular formula is C15H23Cl2F3N4O2. The lowest BCUT2D eigenvalue weighted by Crippen LogP contribution is -2.46. The van der Waals surface area contributed by atoms with E-state index in [1.54, 1.807) is 19.9 Å². The molecule has 0 aliphatic carbocycles. The van der Waals surface area contributed by atoms with Crippen molar-refractivity contribution >= 4 is 48.0 Å². The first-order chi connectivity index (χ1) is 11.1. The Morgan fingerprint density at radius 1 is 1.12 bits per heavy atom. The summed E-state index contributed by atoms with van der Waals surface area (Å²) >= 11 is 0. The van der Waals surface area contributed by atoms with Crippen molar-refractivity contribution in [2.45, 2.75) is 26.1 Å². The van der Waals surface area contributed by atoms with Gasteiger partial charge >= 0.3 is 6.18 Å². The van der Waals surface area contributed by atoms with Gasteiger partial charge in [0.05, 0.1) is 24.0 Å². The molecule has 0 saturated carbocycles. The van der Waals surface area contributed by atoms with Crippen LogP contribution >= 0.6 is 24.8 Å². The van der Waals surface area contributed by atoms with Gasteiger partial charge in [-0.25, -0.2) is 0 Å². The molecule has 0 aliphatic heterocycles. The fraction of sp³-hybridized carbons (Fsp3) is 0.467. The van der Waals surface area contributed by atoms with Crippen LogP contribution in [0.5, 0.6) is 0 Å². The van der Waals surface area contributed by atoms with Gasteiger partial charge in [-0.15, -0.1) is 24.8 Å². The number of nitrogens with two attached hydrogens (primary N) is 1. The summed E-state index contributed by atoms with van der Waals surface area (Å²) in [7, 11) is 0. The molecule has 0 saturated heterocycles. The average Bonchev–Trinajstić information content (AvgIpc) is 2.50. The van der Waals surface area contributed by atoms with Crippen molar-refractivity contribution in [2.24, 2.45) is 11.7 Å². The summed E-state index contributed by atoms with van der Waals surface area (Å²) in [5.41, 5.74) is 5.96. The number of halogens is 5. The van der Waals surface area contributed by atoms with Crippen LogP contribution in [-0.2, 0) is 9.59 Å². The van der Waals surface area contributed by atoms with Gasteiger partial charge in [0.15, 0.2) is 0 Å². The summed E-state index contributed by atoms with van der Waals surface area (Å²) in [5.74, 6) is -1.12. The molecule has 1 atom stereocenters. The molecule has 26 heavy (non-hydrogen) atoms. The molecule has 11 heteroatoms. The maximum absolute atomic E-state index is 12.3. The number of anilines is 2. The SMILES string of the molecule is CC(C)[C@H](N)C(=O)NCC(=O)Nc1ccccc1NCC(F)(F)F.Cl.Cl. The highest BCUT2D eigenvalue weighted by atomic mass is 35.5. The predicted octanol–water partition coefficient (Wildman–Crippen LogP) is 2.54. The summed E-state index contributed by atoms with van der Waals surface area (Å²) in [5, 5.41) is 7.04. The smallest absolute Gasteiger partial charge is 0.375 e. The Kier molecular flexibility index (Phi) is 12.1. The number of hydrogen-bond donors (Lipinski definition) is 4. The van der Waals surface area contributed by atoms with Gasteiger partial charge in [0.2, 0.25) is 11.8 Å². The van der Waals surface area contributed by atoms with Crippen molar-refractivity contribution in [1.82, 2.24) is 5.32 Å². The lowest BCUT2D eigenvalue weighted by molar-refractivity contribution is -0.125. The van der Waals surface area contributed by atoms with Crippen LogP contribution in [-0.4, -0.2) is 37.1 Å². The normalized spacial score (nSPS) is 11.7. The van der Waals surface area contributed by atoms with Gasteiger partial charge in [0.25, 0.3) is 0 Å². The number of carbonyl (C=O) groups is 2. The number of amides is 2. The zero-order valence-corrected chi connectivity index (χ0v) is 15.9. The molecule has 5 N–H and O–H groups in total. The predicted molar refractivity (Wildman–Crippen MR) is 99.9 cm³/mol. The standard InChI is InChI=1S/C15H21F3N4O2.2ClH/c1-9(2)13(19)14(24)20-7-12(23)22-11-6-4-3-5-10(11)21-8-15(16,17)18;;/h3-6,9,13,21H,7-8,19H2,1-2H3,(H,20,24)(H,22,23);2*1H/t13-;;/m0../s1. The molecule has 0 aromatic heterocycles.